The minimum absolute atomic E-state index is 0.222. The standard InChI is InChI=1S/C16H14N2O4S/c1-9-17-11(8-23-9)7-12-16(19)22-15(18-12)10-4-5-13(20-2)14(6-10)21-3/h4-8H,1-3H3. The zero-order chi connectivity index (χ0) is 16.4. The van der Waals surface area contributed by atoms with Crippen molar-refractivity contribution in [3.8, 4) is 11.5 Å². The summed E-state index contributed by atoms with van der Waals surface area (Å²) in [6.45, 7) is 1.90. The van der Waals surface area contributed by atoms with Crippen LogP contribution in [0.1, 0.15) is 16.3 Å². The Kier molecular flexibility index (Phi) is 4.12. The van der Waals surface area contributed by atoms with Crippen molar-refractivity contribution in [2.75, 3.05) is 14.2 Å². The van der Waals surface area contributed by atoms with Crippen molar-refractivity contribution < 1.29 is 19.0 Å². The second kappa shape index (κ2) is 6.21. The van der Waals surface area contributed by atoms with E-state index in [0.717, 1.165) is 5.01 Å². The molecule has 0 saturated carbocycles. The number of nitrogens with zero attached hydrogens (tertiary/aromatic N) is 2. The summed E-state index contributed by atoms with van der Waals surface area (Å²) in [6.07, 6.45) is 1.61. The summed E-state index contributed by atoms with van der Waals surface area (Å²) in [5, 5.41) is 2.78. The summed E-state index contributed by atoms with van der Waals surface area (Å²) in [5.41, 5.74) is 1.55. The predicted octanol–water partition coefficient (Wildman–Crippen LogP) is 2.81. The summed E-state index contributed by atoms with van der Waals surface area (Å²) in [4.78, 5) is 20.5. The fourth-order valence-corrected chi connectivity index (χ4v) is 2.66. The molecule has 0 bridgehead atoms. The first-order valence-corrected chi connectivity index (χ1v) is 7.66. The van der Waals surface area contributed by atoms with Gasteiger partial charge in [-0.1, -0.05) is 0 Å². The fraction of sp³-hybridized carbons (Fsp3) is 0.188. The lowest BCUT2D eigenvalue weighted by molar-refractivity contribution is -0.129. The Morgan fingerprint density at radius 2 is 2.00 bits per heavy atom. The zero-order valence-corrected chi connectivity index (χ0v) is 13.6. The van der Waals surface area contributed by atoms with Crippen LogP contribution in [0.4, 0.5) is 0 Å². The van der Waals surface area contributed by atoms with Gasteiger partial charge < -0.3 is 14.2 Å². The van der Waals surface area contributed by atoms with Crippen LogP contribution in [0.15, 0.2) is 34.3 Å². The molecule has 0 atom stereocenters. The summed E-state index contributed by atoms with van der Waals surface area (Å²) in [6, 6.07) is 5.19. The molecule has 0 radical (unpaired) electrons. The fourth-order valence-electron chi connectivity index (χ4n) is 2.09. The lowest BCUT2D eigenvalue weighted by atomic mass is 10.2. The Labute approximate surface area is 137 Å². The Bertz CT molecular complexity index is 823. The zero-order valence-electron chi connectivity index (χ0n) is 12.8. The van der Waals surface area contributed by atoms with Crippen LogP contribution in [0, 0.1) is 6.92 Å². The van der Waals surface area contributed by atoms with Crippen molar-refractivity contribution in [2.45, 2.75) is 6.92 Å². The number of hydrogen-bond donors (Lipinski definition) is 0. The average molecular weight is 330 g/mol. The number of hydrogen-bond acceptors (Lipinski definition) is 7. The van der Waals surface area contributed by atoms with Gasteiger partial charge in [-0.25, -0.2) is 14.8 Å². The van der Waals surface area contributed by atoms with E-state index >= 15 is 0 Å². The second-order valence-corrected chi connectivity index (χ2v) is 5.76. The van der Waals surface area contributed by atoms with Gasteiger partial charge in [-0.3, -0.25) is 0 Å². The van der Waals surface area contributed by atoms with E-state index in [9.17, 15) is 4.79 Å². The van der Waals surface area contributed by atoms with E-state index in [0.29, 0.717) is 22.8 Å². The first-order valence-electron chi connectivity index (χ1n) is 6.78. The molecule has 1 aliphatic rings. The molecular weight excluding hydrogens is 316 g/mol. The molecule has 0 aliphatic carbocycles. The number of rotatable bonds is 4. The Hall–Kier alpha value is -2.67. The van der Waals surface area contributed by atoms with Gasteiger partial charge >= 0.3 is 5.97 Å². The smallest absolute Gasteiger partial charge is 0.363 e. The molecule has 0 N–H and O–H groups in total. The topological polar surface area (TPSA) is 70.0 Å². The number of benzene rings is 1. The highest BCUT2D eigenvalue weighted by molar-refractivity contribution is 7.09. The molecule has 23 heavy (non-hydrogen) atoms. The van der Waals surface area contributed by atoms with E-state index in [1.165, 1.54) is 11.3 Å². The van der Waals surface area contributed by atoms with Crippen LogP contribution >= 0.6 is 11.3 Å². The Balaban J connectivity index is 1.93. The van der Waals surface area contributed by atoms with Gasteiger partial charge in [0.25, 0.3) is 0 Å². The van der Waals surface area contributed by atoms with Crippen molar-refractivity contribution >= 4 is 29.3 Å². The van der Waals surface area contributed by atoms with Crippen LogP contribution in [-0.2, 0) is 9.53 Å². The SMILES string of the molecule is COc1ccc(C2=NC(=Cc3csc(C)n3)C(=O)O2)cc1OC. The molecule has 1 aliphatic heterocycles. The number of cyclic esters (lactones) is 1. The summed E-state index contributed by atoms with van der Waals surface area (Å²) in [5.74, 6) is 0.862. The number of carbonyl (C=O) groups is 1. The summed E-state index contributed by atoms with van der Waals surface area (Å²) < 4.78 is 15.7. The highest BCUT2D eigenvalue weighted by atomic mass is 32.1. The third kappa shape index (κ3) is 3.09. The van der Waals surface area contributed by atoms with Crippen molar-refractivity contribution in [3.63, 3.8) is 0 Å². The minimum atomic E-state index is -0.500. The van der Waals surface area contributed by atoms with Crippen LogP contribution in [-0.4, -0.2) is 31.1 Å². The summed E-state index contributed by atoms with van der Waals surface area (Å²) >= 11 is 1.51. The van der Waals surface area contributed by atoms with Gasteiger partial charge in [-0.05, 0) is 31.2 Å². The van der Waals surface area contributed by atoms with Gasteiger partial charge in [-0.2, -0.15) is 0 Å². The average Bonchev–Trinajstić information content (AvgIpc) is 3.13. The molecule has 0 saturated heterocycles. The molecule has 118 valence electrons. The van der Waals surface area contributed by atoms with E-state index in [-0.39, 0.29) is 11.6 Å². The van der Waals surface area contributed by atoms with Crippen LogP contribution in [0.5, 0.6) is 11.5 Å². The molecule has 0 amide bonds. The third-order valence-corrected chi connectivity index (χ3v) is 3.96. The molecule has 1 aromatic heterocycles. The molecule has 2 heterocycles. The van der Waals surface area contributed by atoms with Crippen molar-refractivity contribution in [1.82, 2.24) is 4.98 Å². The van der Waals surface area contributed by atoms with Gasteiger partial charge in [0, 0.05) is 10.9 Å². The predicted molar refractivity (Wildman–Crippen MR) is 87.0 cm³/mol. The first-order chi connectivity index (χ1) is 11.1. The number of esters is 1. The van der Waals surface area contributed by atoms with E-state index in [1.807, 2.05) is 12.3 Å². The quantitative estimate of drug-likeness (QED) is 0.637. The Morgan fingerprint density at radius 1 is 1.22 bits per heavy atom. The van der Waals surface area contributed by atoms with E-state index in [1.54, 1.807) is 38.5 Å². The normalized spacial score (nSPS) is 15.5. The van der Waals surface area contributed by atoms with E-state index in [4.69, 9.17) is 14.2 Å². The molecule has 0 spiro atoms. The van der Waals surface area contributed by atoms with E-state index < -0.39 is 5.97 Å². The maximum atomic E-state index is 12.0. The molecule has 0 unspecified atom stereocenters. The first kappa shape index (κ1) is 15.2. The lowest BCUT2D eigenvalue weighted by Crippen LogP contribution is -2.06. The number of ether oxygens (including phenoxy) is 3. The maximum absolute atomic E-state index is 12.0. The number of carbonyl (C=O) groups excluding carboxylic acids is 1. The second-order valence-electron chi connectivity index (χ2n) is 4.70. The third-order valence-electron chi connectivity index (χ3n) is 3.17. The van der Waals surface area contributed by atoms with Crippen molar-refractivity contribution in [2.24, 2.45) is 4.99 Å². The number of methoxy groups -OCH3 is 2. The highest BCUT2D eigenvalue weighted by Crippen LogP contribution is 2.29. The van der Waals surface area contributed by atoms with Gasteiger partial charge in [0.15, 0.2) is 17.2 Å². The van der Waals surface area contributed by atoms with Gasteiger partial charge in [-0.15, -0.1) is 11.3 Å². The monoisotopic (exact) mass is 330 g/mol. The van der Waals surface area contributed by atoms with Crippen LogP contribution in [0.25, 0.3) is 6.08 Å². The lowest BCUT2D eigenvalue weighted by Gasteiger charge is -2.08. The molecule has 1 aromatic carbocycles. The number of aryl methyl sites for hydroxylation is 1. The van der Waals surface area contributed by atoms with Crippen LogP contribution in [0.3, 0.4) is 0 Å². The van der Waals surface area contributed by atoms with Gasteiger partial charge in [0.1, 0.15) is 0 Å². The van der Waals surface area contributed by atoms with Crippen LogP contribution < -0.4 is 9.47 Å². The van der Waals surface area contributed by atoms with E-state index in [2.05, 4.69) is 9.98 Å². The molecule has 7 heteroatoms. The Morgan fingerprint density at radius 3 is 2.65 bits per heavy atom. The number of aliphatic imine (C=N–C) groups is 1. The van der Waals surface area contributed by atoms with Crippen molar-refractivity contribution in [1.29, 1.82) is 0 Å². The molecule has 6 nitrogen and oxygen atoms in total. The molecule has 3 rings (SSSR count). The van der Waals surface area contributed by atoms with Gasteiger partial charge in [0.2, 0.25) is 5.90 Å². The summed E-state index contributed by atoms with van der Waals surface area (Å²) in [7, 11) is 3.10. The largest absolute Gasteiger partial charge is 0.493 e. The highest BCUT2D eigenvalue weighted by Gasteiger charge is 2.25. The molecule has 2 aromatic rings. The van der Waals surface area contributed by atoms with Gasteiger partial charge in [0.05, 0.1) is 24.9 Å². The van der Waals surface area contributed by atoms with Crippen LogP contribution in [0.2, 0.25) is 0 Å². The maximum Gasteiger partial charge on any atom is 0.363 e. The minimum Gasteiger partial charge on any atom is -0.493 e. The molecule has 0 fully saturated rings. The number of thiazole rings is 1. The number of aromatic nitrogens is 1. The van der Waals surface area contributed by atoms with Crippen molar-refractivity contribution in [3.05, 3.63) is 45.5 Å². The molecular formula is C16H14N2O4S.